The Labute approximate surface area is 224 Å². The van der Waals surface area contributed by atoms with Gasteiger partial charge in [-0.2, -0.15) is 9.78 Å². The number of nitrogens with zero attached hydrogens (tertiary/aromatic N) is 3. The highest BCUT2D eigenvalue weighted by Gasteiger charge is 2.19. The number of rotatable bonds is 9. The number of carbonyl (C=O) groups excluding carboxylic acids is 1. The number of halogens is 3. The maximum Gasteiger partial charge on any atom is 0.344 e. The summed E-state index contributed by atoms with van der Waals surface area (Å²) in [6.45, 7) is 5.63. The van der Waals surface area contributed by atoms with Gasteiger partial charge in [0.2, 0.25) is 0 Å². The molecule has 0 fully saturated rings. The highest BCUT2D eigenvalue weighted by atomic mass is 79.9. The minimum absolute atomic E-state index is 0.00638. The first-order chi connectivity index (χ1) is 16.7. The van der Waals surface area contributed by atoms with Crippen molar-refractivity contribution in [3.8, 4) is 11.5 Å². The number of hydrogen-bond donors (Lipinski definition) is 0. The van der Waals surface area contributed by atoms with Crippen LogP contribution in [-0.2, 0) is 9.53 Å². The molecule has 0 amide bonds. The largest absolute Gasteiger partial charge is 0.493 e. The summed E-state index contributed by atoms with van der Waals surface area (Å²) in [7, 11) is 1.45. The van der Waals surface area contributed by atoms with Crippen LogP contribution < -0.4 is 15.0 Å². The van der Waals surface area contributed by atoms with E-state index < -0.39 is 5.97 Å². The summed E-state index contributed by atoms with van der Waals surface area (Å²) in [6, 6.07) is 7.01. The molecule has 0 unspecified atom stereocenters. The molecule has 0 aliphatic rings. The van der Waals surface area contributed by atoms with Crippen LogP contribution in [0.4, 0.5) is 0 Å². The molecule has 1 heterocycles. The number of esters is 1. The number of hydrogen-bond acceptors (Lipinski definition) is 7. The van der Waals surface area contributed by atoms with E-state index in [9.17, 15) is 9.59 Å². The first-order valence-electron chi connectivity index (χ1n) is 10.8. The third kappa shape index (κ3) is 6.05. The fourth-order valence-electron chi connectivity index (χ4n) is 3.22. The third-order valence-electron chi connectivity index (χ3n) is 5.21. The van der Waals surface area contributed by atoms with Crippen LogP contribution in [0.5, 0.6) is 11.5 Å². The van der Waals surface area contributed by atoms with Crippen molar-refractivity contribution >= 4 is 66.5 Å². The summed E-state index contributed by atoms with van der Waals surface area (Å²) < 4.78 is 18.4. The molecule has 0 N–H and O–H groups in total. The summed E-state index contributed by atoms with van der Waals surface area (Å²) in [4.78, 5) is 29.7. The van der Waals surface area contributed by atoms with Crippen molar-refractivity contribution in [2.75, 3.05) is 20.3 Å². The number of carbonyl (C=O) groups is 1. The normalized spacial score (nSPS) is 12.2. The van der Waals surface area contributed by atoms with Gasteiger partial charge in [0, 0.05) is 20.4 Å². The van der Waals surface area contributed by atoms with E-state index in [-0.39, 0.29) is 35.5 Å². The van der Waals surface area contributed by atoms with Crippen LogP contribution in [-0.4, -0.2) is 42.2 Å². The molecule has 0 spiro atoms. The van der Waals surface area contributed by atoms with Gasteiger partial charge in [0.05, 0.1) is 30.8 Å². The number of methoxy groups -OCH3 is 1. The van der Waals surface area contributed by atoms with Crippen molar-refractivity contribution in [1.29, 1.82) is 0 Å². The second-order valence-electron chi connectivity index (χ2n) is 7.52. The fraction of sp³-hybridized carbons (Fsp3) is 0.333. The Balaban J connectivity index is 2.08. The van der Waals surface area contributed by atoms with E-state index in [0.717, 1.165) is 10.9 Å². The van der Waals surface area contributed by atoms with E-state index in [1.807, 2.05) is 19.9 Å². The number of aromatic nitrogens is 2. The molecular formula is C24H24Br2ClN3O5. The van der Waals surface area contributed by atoms with Crippen molar-refractivity contribution in [2.24, 2.45) is 5.10 Å². The van der Waals surface area contributed by atoms with Gasteiger partial charge in [0.25, 0.3) is 5.56 Å². The second kappa shape index (κ2) is 12.0. The van der Waals surface area contributed by atoms with Crippen LogP contribution in [0.25, 0.3) is 10.9 Å². The van der Waals surface area contributed by atoms with E-state index in [1.165, 1.54) is 18.0 Å². The average Bonchev–Trinajstić information content (AvgIpc) is 2.84. The molecule has 3 aromatic rings. The van der Waals surface area contributed by atoms with E-state index in [4.69, 9.17) is 30.8 Å². The predicted molar refractivity (Wildman–Crippen MR) is 143 cm³/mol. The van der Waals surface area contributed by atoms with Crippen LogP contribution >= 0.6 is 43.5 Å². The SMILES string of the molecule is CCOC(=O)COc1c(OC)cc(C=Nn2c([C@H](C)CC)nc3ccc(Br)cc3c2=O)c(Br)c1Cl. The molecule has 0 bridgehead atoms. The molecule has 3 rings (SSSR count). The number of benzene rings is 2. The molecule has 0 saturated heterocycles. The fourth-order valence-corrected chi connectivity index (χ4v) is 4.23. The summed E-state index contributed by atoms with van der Waals surface area (Å²) in [5.74, 6) is 0.486. The maximum absolute atomic E-state index is 13.3. The van der Waals surface area contributed by atoms with E-state index >= 15 is 0 Å². The van der Waals surface area contributed by atoms with Gasteiger partial charge in [-0.15, -0.1) is 0 Å². The van der Waals surface area contributed by atoms with E-state index in [0.29, 0.717) is 32.5 Å². The minimum Gasteiger partial charge on any atom is -0.493 e. The van der Waals surface area contributed by atoms with Crippen molar-refractivity contribution in [1.82, 2.24) is 9.66 Å². The van der Waals surface area contributed by atoms with Crippen LogP contribution in [0, 0.1) is 0 Å². The Hall–Kier alpha value is -2.43. The van der Waals surface area contributed by atoms with Gasteiger partial charge in [0.1, 0.15) is 10.8 Å². The van der Waals surface area contributed by atoms with E-state index in [2.05, 4.69) is 37.0 Å². The summed E-state index contributed by atoms with van der Waals surface area (Å²) in [5.41, 5.74) is 0.854. The number of fused-ring (bicyclic) bond motifs is 1. The molecule has 8 nitrogen and oxygen atoms in total. The third-order valence-corrected chi connectivity index (χ3v) is 7.15. The summed E-state index contributed by atoms with van der Waals surface area (Å²) in [5, 5.41) is 5.10. The molecule has 1 atom stereocenters. The van der Waals surface area contributed by atoms with Gasteiger partial charge in [-0.3, -0.25) is 4.79 Å². The minimum atomic E-state index is -0.528. The zero-order valence-corrected chi connectivity index (χ0v) is 23.5. The Morgan fingerprint density at radius 3 is 2.69 bits per heavy atom. The number of ether oxygens (including phenoxy) is 3. The summed E-state index contributed by atoms with van der Waals surface area (Å²) in [6.07, 6.45) is 2.27. The van der Waals surface area contributed by atoms with E-state index in [1.54, 1.807) is 25.1 Å². The van der Waals surface area contributed by atoms with Crippen molar-refractivity contribution in [2.45, 2.75) is 33.1 Å². The lowest BCUT2D eigenvalue weighted by Gasteiger charge is -2.15. The molecule has 186 valence electrons. The molecule has 0 radical (unpaired) electrons. The molecule has 2 aromatic carbocycles. The van der Waals surface area contributed by atoms with Crippen molar-refractivity contribution in [3.05, 3.63) is 60.0 Å². The van der Waals surface area contributed by atoms with Gasteiger partial charge < -0.3 is 14.2 Å². The molecular weight excluding hydrogens is 606 g/mol. The van der Waals surface area contributed by atoms with Gasteiger partial charge in [-0.25, -0.2) is 9.78 Å². The lowest BCUT2D eigenvalue weighted by atomic mass is 10.1. The predicted octanol–water partition coefficient (Wildman–Crippen LogP) is 5.92. The standard InChI is InChI=1S/C24H24Br2ClN3O5/c1-5-13(3)23-29-17-8-7-15(25)10-16(17)24(32)30(23)28-11-14-9-18(33-4)22(21(27)20(14)26)35-12-19(31)34-6-2/h7-11,13H,5-6,12H2,1-4H3/t13-/m1/s1. The lowest BCUT2D eigenvalue weighted by molar-refractivity contribution is -0.145. The van der Waals surface area contributed by atoms with Crippen LogP contribution in [0.2, 0.25) is 5.02 Å². The Kier molecular flexibility index (Phi) is 9.32. The van der Waals surface area contributed by atoms with Crippen LogP contribution in [0.1, 0.15) is 44.5 Å². The molecule has 1 aromatic heterocycles. The van der Waals surface area contributed by atoms with Gasteiger partial charge >= 0.3 is 5.97 Å². The Bertz CT molecular complexity index is 1340. The molecule has 0 aliphatic carbocycles. The molecule has 0 saturated carbocycles. The highest BCUT2D eigenvalue weighted by Crippen LogP contribution is 2.42. The first-order valence-corrected chi connectivity index (χ1v) is 12.8. The first kappa shape index (κ1) is 27.2. The van der Waals surface area contributed by atoms with Crippen LogP contribution in [0.3, 0.4) is 0 Å². The molecule has 11 heteroatoms. The highest BCUT2D eigenvalue weighted by molar-refractivity contribution is 9.10. The monoisotopic (exact) mass is 627 g/mol. The van der Waals surface area contributed by atoms with Crippen LogP contribution in [0.15, 0.2) is 43.1 Å². The Morgan fingerprint density at radius 2 is 2.03 bits per heavy atom. The smallest absolute Gasteiger partial charge is 0.344 e. The maximum atomic E-state index is 13.3. The van der Waals surface area contributed by atoms with Gasteiger partial charge in [-0.05, 0) is 53.5 Å². The zero-order chi connectivity index (χ0) is 25.7. The summed E-state index contributed by atoms with van der Waals surface area (Å²) >= 11 is 13.4. The second-order valence-corrected chi connectivity index (χ2v) is 9.61. The van der Waals surface area contributed by atoms with Crippen molar-refractivity contribution < 1.29 is 19.0 Å². The van der Waals surface area contributed by atoms with Crippen molar-refractivity contribution in [3.63, 3.8) is 0 Å². The topological polar surface area (TPSA) is 92.0 Å². The lowest BCUT2D eigenvalue weighted by Crippen LogP contribution is -2.23. The average molecular weight is 630 g/mol. The molecule has 0 aliphatic heterocycles. The van der Waals surface area contributed by atoms with Gasteiger partial charge in [-0.1, -0.05) is 41.4 Å². The quantitative estimate of drug-likeness (QED) is 0.216. The molecule has 35 heavy (non-hydrogen) atoms. The van der Waals surface area contributed by atoms with Gasteiger partial charge in [0.15, 0.2) is 18.1 Å². The Morgan fingerprint density at radius 1 is 1.29 bits per heavy atom. The zero-order valence-electron chi connectivity index (χ0n) is 19.6.